The van der Waals surface area contributed by atoms with Crippen LogP contribution in [0.4, 0.5) is 0 Å². The molecule has 5 rings (SSSR count). The van der Waals surface area contributed by atoms with E-state index in [0.717, 1.165) is 13.2 Å². The van der Waals surface area contributed by atoms with Crippen molar-refractivity contribution < 1.29 is 59.2 Å². The van der Waals surface area contributed by atoms with Gasteiger partial charge in [-0.25, -0.2) is 4.79 Å². The van der Waals surface area contributed by atoms with Crippen molar-refractivity contribution in [3.8, 4) is 11.5 Å². The van der Waals surface area contributed by atoms with E-state index in [2.05, 4.69) is 0 Å². The standard InChI is InChI=1S/C22H24O12/c1-31-20(29)11-5-21-7-22(30,33-11)13(25)4-9(21)8-2-3-10(24)14(18(8)34-21)19-17(28)16(27)15(26)12(6-23)32-19/h2-4,11-12,15-17,19,23-24,26-28,30H,5-7H2,1H3/t11-,12+,15+,16-,17+,19-,21-,22-/m0/s1. The van der Waals surface area contributed by atoms with Crippen molar-refractivity contribution in [3.63, 3.8) is 0 Å². The minimum atomic E-state index is -2.34. The lowest BCUT2D eigenvalue weighted by Crippen LogP contribution is -2.61. The van der Waals surface area contributed by atoms with Crippen LogP contribution in [0.15, 0.2) is 18.2 Å². The number of carbonyl (C=O) groups excluding carboxylic acids is 2. The Hall–Kier alpha value is -2.58. The first kappa shape index (κ1) is 23.2. The molecule has 1 aliphatic carbocycles. The minimum absolute atomic E-state index is 0.00172. The molecule has 3 heterocycles. The normalized spacial score (nSPS) is 40.6. The molecule has 12 nitrogen and oxygen atoms in total. The Labute approximate surface area is 192 Å². The molecule has 0 amide bonds. The SMILES string of the molecule is COC(=O)[C@@H]1C[C@]23C[C@](O)(O1)C(=O)C=C2c1ccc(O)c([C@@H]2O[C@H](CO)[C@@H](O)[C@H](O)[C@H]2O)c1O3. The fourth-order valence-electron chi connectivity index (χ4n) is 5.24. The summed E-state index contributed by atoms with van der Waals surface area (Å²) in [6.07, 6.45) is -8.32. The van der Waals surface area contributed by atoms with Gasteiger partial charge >= 0.3 is 5.97 Å². The molecule has 1 aromatic carbocycles. The molecular weight excluding hydrogens is 456 g/mol. The van der Waals surface area contributed by atoms with Gasteiger partial charge in [0.05, 0.1) is 25.7 Å². The molecule has 4 aliphatic rings. The fraction of sp³-hybridized carbons (Fsp3) is 0.545. The second kappa shape index (κ2) is 7.71. The number of phenolic OH excluding ortho intramolecular Hbond substituents is 1. The number of aromatic hydroxyl groups is 1. The highest BCUT2D eigenvalue weighted by Gasteiger charge is 2.63. The van der Waals surface area contributed by atoms with Crippen molar-refractivity contribution in [3.05, 3.63) is 29.3 Å². The van der Waals surface area contributed by atoms with Crippen molar-refractivity contribution in [2.75, 3.05) is 13.7 Å². The van der Waals surface area contributed by atoms with E-state index in [0.29, 0.717) is 11.1 Å². The summed E-state index contributed by atoms with van der Waals surface area (Å²) in [5.41, 5.74) is -0.819. The molecule has 2 bridgehead atoms. The number of aliphatic hydroxyl groups is 5. The second-order valence-corrected chi connectivity index (χ2v) is 8.94. The van der Waals surface area contributed by atoms with Gasteiger partial charge < -0.3 is 49.6 Å². The summed E-state index contributed by atoms with van der Waals surface area (Å²) in [6.45, 7) is -0.674. The first-order valence-corrected chi connectivity index (χ1v) is 10.7. The molecular formula is C22H24O12. The summed E-state index contributed by atoms with van der Waals surface area (Å²) in [6, 6.07) is 2.75. The molecule has 0 aromatic heterocycles. The Morgan fingerprint density at radius 1 is 1.21 bits per heavy atom. The number of esters is 1. The van der Waals surface area contributed by atoms with Crippen molar-refractivity contribution in [2.45, 2.75) is 60.9 Å². The first-order valence-electron chi connectivity index (χ1n) is 10.7. The summed E-state index contributed by atoms with van der Waals surface area (Å²) in [5, 5.41) is 62.0. The topological polar surface area (TPSA) is 192 Å². The van der Waals surface area contributed by atoms with Gasteiger partial charge in [-0.2, -0.15) is 0 Å². The highest BCUT2D eigenvalue weighted by molar-refractivity contribution is 6.07. The fourth-order valence-corrected chi connectivity index (χ4v) is 5.24. The van der Waals surface area contributed by atoms with Gasteiger partial charge in [0, 0.05) is 17.6 Å². The lowest BCUT2D eigenvalue weighted by atomic mass is 9.72. The second-order valence-electron chi connectivity index (χ2n) is 8.94. The number of aliphatic hydroxyl groups excluding tert-OH is 4. The highest BCUT2D eigenvalue weighted by Crippen LogP contribution is 2.59. The lowest BCUT2D eigenvalue weighted by Gasteiger charge is -2.47. The van der Waals surface area contributed by atoms with Gasteiger partial charge in [-0.3, -0.25) is 4.79 Å². The van der Waals surface area contributed by atoms with Gasteiger partial charge in [0.25, 0.3) is 0 Å². The summed E-state index contributed by atoms with van der Waals surface area (Å²) < 4.78 is 21.9. The quantitative estimate of drug-likeness (QED) is 0.262. The molecule has 2 saturated heterocycles. The van der Waals surface area contributed by atoms with Gasteiger partial charge in [0.2, 0.25) is 11.6 Å². The molecule has 0 saturated carbocycles. The molecule has 0 radical (unpaired) electrons. The van der Waals surface area contributed by atoms with Crippen LogP contribution >= 0.6 is 0 Å². The van der Waals surface area contributed by atoms with E-state index in [1.165, 1.54) is 12.1 Å². The maximum atomic E-state index is 12.7. The molecule has 1 aromatic rings. The van der Waals surface area contributed by atoms with Crippen LogP contribution in [0, 0.1) is 0 Å². The molecule has 0 unspecified atom stereocenters. The third-order valence-corrected chi connectivity index (χ3v) is 6.93. The van der Waals surface area contributed by atoms with Gasteiger partial charge in [-0.05, 0) is 18.2 Å². The molecule has 184 valence electrons. The number of hydrogen-bond donors (Lipinski definition) is 6. The summed E-state index contributed by atoms with van der Waals surface area (Å²) >= 11 is 0. The zero-order valence-electron chi connectivity index (χ0n) is 18.0. The zero-order valence-corrected chi connectivity index (χ0v) is 18.0. The van der Waals surface area contributed by atoms with Crippen molar-refractivity contribution in [2.24, 2.45) is 0 Å². The summed E-state index contributed by atoms with van der Waals surface area (Å²) in [7, 11) is 1.13. The van der Waals surface area contributed by atoms with Gasteiger partial charge in [-0.1, -0.05) is 0 Å². The Balaban J connectivity index is 1.62. The highest BCUT2D eigenvalue weighted by atomic mass is 16.7. The molecule has 12 heteroatoms. The van der Waals surface area contributed by atoms with Gasteiger partial charge in [-0.15, -0.1) is 0 Å². The average molecular weight is 480 g/mol. The maximum Gasteiger partial charge on any atom is 0.335 e. The zero-order chi connectivity index (χ0) is 24.6. The third-order valence-electron chi connectivity index (χ3n) is 6.93. The minimum Gasteiger partial charge on any atom is -0.507 e. The van der Waals surface area contributed by atoms with Crippen LogP contribution in [0.5, 0.6) is 11.5 Å². The number of carbonyl (C=O) groups is 2. The Morgan fingerprint density at radius 3 is 2.62 bits per heavy atom. The van der Waals surface area contributed by atoms with E-state index in [1.807, 2.05) is 0 Å². The molecule has 3 aliphatic heterocycles. The van der Waals surface area contributed by atoms with Crippen molar-refractivity contribution >= 4 is 17.3 Å². The number of phenols is 1. The van der Waals surface area contributed by atoms with E-state index in [4.69, 9.17) is 18.9 Å². The number of ether oxygens (including phenoxy) is 4. The molecule has 2 fully saturated rings. The van der Waals surface area contributed by atoms with Crippen LogP contribution in [-0.4, -0.2) is 98.0 Å². The van der Waals surface area contributed by atoms with Crippen LogP contribution in [0.1, 0.15) is 30.1 Å². The number of ketones is 1. The number of rotatable bonds is 3. The summed E-state index contributed by atoms with van der Waals surface area (Å²) in [5.74, 6) is -4.34. The van der Waals surface area contributed by atoms with Crippen LogP contribution in [0.3, 0.4) is 0 Å². The first-order chi connectivity index (χ1) is 16.0. The summed E-state index contributed by atoms with van der Waals surface area (Å²) in [4.78, 5) is 25.0. The molecule has 1 spiro atoms. The van der Waals surface area contributed by atoms with E-state index in [9.17, 15) is 40.2 Å². The number of benzene rings is 1. The largest absolute Gasteiger partial charge is 0.507 e. The van der Waals surface area contributed by atoms with Crippen molar-refractivity contribution in [1.29, 1.82) is 0 Å². The van der Waals surface area contributed by atoms with Crippen LogP contribution < -0.4 is 4.74 Å². The van der Waals surface area contributed by atoms with Crippen LogP contribution in [0.25, 0.3) is 5.57 Å². The number of methoxy groups -OCH3 is 1. The van der Waals surface area contributed by atoms with E-state index in [-0.39, 0.29) is 29.9 Å². The Bertz CT molecular complexity index is 1080. The van der Waals surface area contributed by atoms with Crippen LogP contribution in [0.2, 0.25) is 0 Å². The van der Waals surface area contributed by atoms with Crippen LogP contribution in [-0.2, 0) is 23.8 Å². The van der Waals surface area contributed by atoms with Gasteiger partial charge in [0.15, 0.2) is 6.10 Å². The third kappa shape index (κ3) is 3.11. The number of hydrogen-bond acceptors (Lipinski definition) is 12. The molecule has 8 atom stereocenters. The van der Waals surface area contributed by atoms with Crippen molar-refractivity contribution in [1.82, 2.24) is 0 Å². The van der Waals surface area contributed by atoms with Gasteiger partial charge in [0.1, 0.15) is 47.6 Å². The lowest BCUT2D eigenvalue weighted by molar-refractivity contribution is -0.263. The Morgan fingerprint density at radius 2 is 1.94 bits per heavy atom. The maximum absolute atomic E-state index is 12.7. The molecule has 34 heavy (non-hydrogen) atoms. The monoisotopic (exact) mass is 480 g/mol. The average Bonchev–Trinajstić information content (AvgIpc) is 3.09. The smallest absolute Gasteiger partial charge is 0.335 e. The van der Waals surface area contributed by atoms with E-state index >= 15 is 0 Å². The predicted molar refractivity (Wildman–Crippen MR) is 108 cm³/mol. The number of fused-ring (bicyclic) bond motifs is 3. The van der Waals surface area contributed by atoms with E-state index in [1.54, 1.807) is 0 Å². The van der Waals surface area contributed by atoms with E-state index < -0.39 is 66.4 Å². The molecule has 6 N–H and O–H groups in total. The Kier molecular flexibility index (Phi) is 5.26. The predicted octanol–water partition coefficient (Wildman–Crippen LogP) is -1.95.